The first-order valence-corrected chi connectivity index (χ1v) is 5.63. The van der Waals surface area contributed by atoms with E-state index in [9.17, 15) is 4.79 Å². The van der Waals surface area contributed by atoms with Crippen LogP contribution in [0, 0.1) is 6.92 Å². The van der Waals surface area contributed by atoms with E-state index in [4.69, 9.17) is 16.1 Å². The summed E-state index contributed by atoms with van der Waals surface area (Å²) in [7, 11) is 0. The first-order valence-electron chi connectivity index (χ1n) is 5.10. The summed E-state index contributed by atoms with van der Waals surface area (Å²) in [6, 6.07) is 9.62. The van der Waals surface area contributed by atoms with Crippen molar-refractivity contribution in [3.8, 4) is 11.3 Å². The monoisotopic (exact) mass is 250 g/mol. The Hall–Kier alpha value is -1.81. The molecule has 0 saturated carbocycles. The third kappa shape index (κ3) is 2.47. The van der Waals surface area contributed by atoms with Gasteiger partial charge in [-0.3, -0.25) is 10.1 Å². The van der Waals surface area contributed by atoms with Crippen LogP contribution in [-0.2, 0) is 4.79 Å². The maximum absolute atomic E-state index is 11.1. The highest BCUT2D eigenvalue weighted by Gasteiger charge is 2.14. The fourth-order valence-corrected chi connectivity index (χ4v) is 1.54. The molecule has 0 saturated heterocycles. The smallest absolute Gasteiger partial charge is 0.241 e. The molecule has 1 aromatic carbocycles. The van der Waals surface area contributed by atoms with Gasteiger partial charge in [-0.05, 0) is 6.92 Å². The molecular weight excluding hydrogens is 240 g/mol. The Labute approximate surface area is 104 Å². The second-order valence-corrected chi connectivity index (χ2v) is 3.80. The van der Waals surface area contributed by atoms with Gasteiger partial charge in [0.1, 0.15) is 11.6 Å². The number of hydrogen-bond acceptors (Lipinski definition) is 3. The van der Waals surface area contributed by atoms with E-state index in [-0.39, 0.29) is 11.8 Å². The Morgan fingerprint density at radius 1 is 1.41 bits per heavy atom. The number of carbonyl (C=O) groups is 1. The zero-order chi connectivity index (χ0) is 12.3. The Morgan fingerprint density at radius 2 is 2.12 bits per heavy atom. The molecular formula is C12H11ClN2O2. The summed E-state index contributed by atoms with van der Waals surface area (Å²) in [6.45, 7) is 1.84. The van der Waals surface area contributed by atoms with Gasteiger partial charge in [-0.25, -0.2) is 0 Å². The standard InChI is InChI=1S/C12H11ClN2O2/c1-8-11(9-5-3-2-4-6-9)15-17-12(8)14-10(16)7-13/h2-6H,7H2,1H3,(H,14,16). The molecule has 1 N–H and O–H groups in total. The molecule has 0 aliphatic heterocycles. The Balaban J connectivity index is 2.30. The first-order chi connectivity index (χ1) is 8.22. The van der Waals surface area contributed by atoms with Gasteiger partial charge in [0.15, 0.2) is 0 Å². The fraction of sp³-hybridized carbons (Fsp3) is 0.167. The van der Waals surface area contributed by atoms with E-state index >= 15 is 0 Å². The minimum atomic E-state index is -0.314. The summed E-state index contributed by atoms with van der Waals surface area (Å²) in [6.07, 6.45) is 0. The summed E-state index contributed by atoms with van der Waals surface area (Å²) < 4.78 is 5.08. The second kappa shape index (κ2) is 5.01. The van der Waals surface area contributed by atoms with E-state index < -0.39 is 0 Å². The van der Waals surface area contributed by atoms with Crippen molar-refractivity contribution < 1.29 is 9.32 Å². The van der Waals surface area contributed by atoms with Gasteiger partial charge in [0.2, 0.25) is 11.8 Å². The lowest BCUT2D eigenvalue weighted by Gasteiger charge is -1.99. The average molecular weight is 251 g/mol. The first kappa shape index (κ1) is 11.7. The molecule has 0 radical (unpaired) electrons. The van der Waals surface area contributed by atoms with Crippen LogP contribution in [0.2, 0.25) is 0 Å². The molecule has 2 rings (SSSR count). The zero-order valence-corrected chi connectivity index (χ0v) is 9.99. The van der Waals surface area contributed by atoms with E-state index in [1.54, 1.807) is 0 Å². The summed E-state index contributed by atoms with van der Waals surface area (Å²) in [5.74, 6) is -0.0825. The Kier molecular flexibility index (Phi) is 3.44. The van der Waals surface area contributed by atoms with Crippen LogP contribution < -0.4 is 5.32 Å². The van der Waals surface area contributed by atoms with Crippen molar-refractivity contribution in [2.24, 2.45) is 0 Å². The van der Waals surface area contributed by atoms with Crippen molar-refractivity contribution in [3.63, 3.8) is 0 Å². The number of rotatable bonds is 3. The van der Waals surface area contributed by atoms with Crippen molar-refractivity contribution >= 4 is 23.4 Å². The van der Waals surface area contributed by atoms with Gasteiger partial charge in [-0.2, -0.15) is 0 Å². The predicted molar refractivity (Wildman–Crippen MR) is 66.0 cm³/mol. The number of anilines is 1. The van der Waals surface area contributed by atoms with Crippen LogP contribution in [0.25, 0.3) is 11.3 Å². The maximum atomic E-state index is 11.1. The number of carbonyl (C=O) groups excluding carboxylic acids is 1. The number of halogens is 1. The minimum absolute atomic E-state index is 0.110. The predicted octanol–water partition coefficient (Wildman–Crippen LogP) is 2.83. The van der Waals surface area contributed by atoms with Crippen LogP contribution in [0.3, 0.4) is 0 Å². The molecule has 2 aromatic rings. The van der Waals surface area contributed by atoms with Crippen LogP contribution in [-0.4, -0.2) is 16.9 Å². The lowest BCUT2D eigenvalue weighted by atomic mass is 10.1. The molecule has 88 valence electrons. The van der Waals surface area contributed by atoms with Gasteiger partial charge >= 0.3 is 0 Å². The topological polar surface area (TPSA) is 55.1 Å². The molecule has 4 nitrogen and oxygen atoms in total. The molecule has 0 unspecified atom stereocenters. The number of alkyl halides is 1. The van der Waals surface area contributed by atoms with Gasteiger partial charge in [-0.1, -0.05) is 35.5 Å². The maximum Gasteiger partial charge on any atom is 0.241 e. The number of aromatic nitrogens is 1. The van der Waals surface area contributed by atoms with Gasteiger partial charge in [-0.15, -0.1) is 11.6 Å². The second-order valence-electron chi connectivity index (χ2n) is 3.53. The number of amides is 1. The number of nitrogens with zero attached hydrogens (tertiary/aromatic N) is 1. The molecule has 0 atom stereocenters. The van der Waals surface area contributed by atoms with Crippen LogP contribution >= 0.6 is 11.6 Å². The van der Waals surface area contributed by atoms with Gasteiger partial charge in [0.25, 0.3) is 0 Å². The molecule has 0 spiro atoms. The van der Waals surface area contributed by atoms with Crippen molar-refractivity contribution in [1.82, 2.24) is 5.16 Å². The molecule has 1 heterocycles. The molecule has 1 aromatic heterocycles. The van der Waals surface area contributed by atoms with Gasteiger partial charge in [0.05, 0.1) is 0 Å². The molecule has 0 aliphatic carbocycles. The zero-order valence-electron chi connectivity index (χ0n) is 9.24. The summed E-state index contributed by atoms with van der Waals surface area (Å²) >= 11 is 5.40. The molecule has 5 heteroatoms. The molecule has 0 aliphatic rings. The van der Waals surface area contributed by atoms with E-state index in [1.807, 2.05) is 37.3 Å². The van der Waals surface area contributed by atoms with Crippen LogP contribution in [0.5, 0.6) is 0 Å². The highest BCUT2D eigenvalue weighted by Crippen LogP contribution is 2.27. The highest BCUT2D eigenvalue weighted by atomic mass is 35.5. The largest absolute Gasteiger partial charge is 0.338 e. The van der Waals surface area contributed by atoms with E-state index in [0.717, 1.165) is 16.8 Å². The van der Waals surface area contributed by atoms with E-state index in [0.29, 0.717) is 5.88 Å². The highest BCUT2D eigenvalue weighted by molar-refractivity contribution is 6.29. The molecule has 1 amide bonds. The van der Waals surface area contributed by atoms with Crippen LogP contribution in [0.15, 0.2) is 34.9 Å². The van der Waals surface area contributed by atoms with Gasteiger partial charge < -0.3 is 4.52 Å². The Bertz CT molecular complexity index is 523. The summed E-state index contributed by atoms with van der Waals surface area (Å²) in [4.78, 5) is 11.1. The van der Waals surface area contributed by atoms with Crippen molar-refractivity contribution in [2.75, 3.05) is 11.2 Å². The lowest BCUT2D eigenvalue weighted by molar-refractivity contribution is -0.114. The number of benzene rings is 1. The third-order valence-corrected chi connectivity index (χ3v) is 2.59. The minimum Gasteiger partial charge on any atom is -0.338 e. The average Bonchev–Trinajstić information content (AvgIpc) is 2.72. The summed E-state index contributed by atoms with van der Waals surface area (Å²) in [5.41, 5.74) is 2.45. The van der Waals surface area contributed by atoms with Crippen LogP contribution in [0.1, 0.15) is 5.56 Å². The molecule has 0 fully saturated rings. The molecule has 0 bridgehead atoms. The Morgan fingerprint density at radius 3 is 2.76 bits per heavy atom. The van der Waals surface area contributed by atoms with Gasteiger partial charge in [0, 0.05) is 11.1 Å². The SMILES string of the molecule is Cc1c(-c2ccccc2)noc1NC(=O)CCl. The lowest BCUT2D eigenvalue weighted by Crippen LogP contribution is -2.12. The van der Waals surface area contributed by atoms with Crippen molar-refractivity contribution in [1.29, 1.82) is 0 Å². The quantitative estimate of drug-likeness (QED) is 0.853. The number of nitrogens with one attached hydrogen (secondary N) is 1. The third-order valence-electron chi connectivity index (χ3n) is 2.35. The van der Waals surface area contributed by atoms with E-state index in [1.165, 1.54) is 0 Å². The van der Waals surface area contributed by atoms with Crippen molar-refractivity contribution in [3.05, 3.63) is 35.9 Å². The van der Waals surface area contributed by atoms with Crippen LogP contribution in [0.4, 0.5) is 5.88 Å². The van der Waals surface area contributed by atoms with Crippen molar-refractivity contribution in [2.45, 2.75) is 6.92 Å². The fourth-order valence-electron chi connectivity index (χ4n) is 1.48. The normalized spacial score (nSPS) is 10.2. The number of hydrogen-bond donors (Lipinski definition) is 1. The molecule has 17 heavy (non-hydrogen) atoms. The van der Waals surface area contributed by atoms with E-state index in [2.05, 4.69) is 10.5 Å². The summed E-state index contributed by atoms with van der Waals surface area (Å²) in [5, 5.41) is 6.49.